The maximum Gasteiger partial charge on any atom is 0.320 e. The van der Waals surface area contributed by atoms with E-state index >= 15 is 0 Å². The number of Topliss-reactive ketones (excluding diaryl/α,β-unsaturated/α-hetero) is 1. The summed E-state index contributed by atoms with van der Waals surface area (Å²) < 4.78 is 45.5. The Balaban J connectivity index is 1.59. The number of thioether (sulfide) groups is 1. The largest absolute Gasteiger partial charge is 0.458 e. The van der Waals surface area contributed by atoms with E-state index in [1.165, 1.54) is 18.7 Å². The van der Waals surface area contributed by atoms with Crippen LogP contribution in [-0.2, 0) is 58.8 Å². The van der Waals surface area contributed by atoms with Crippen molar-refractivity contribution in [2.75, 3.05) is 33.1 Å². The fourth-order valence-corrected chi connectivity index (χ4v) is 11.4. The SMILES string of the molecule is C=C1CO[C@H]2[C@H](C)[C@@H](O[C@@H]3O[C@H](C)C[C@H](N(C)C)[C@H]3OC(C)=O)[C@@](C)(C[C@@H](C)C(=O)[C@H](C)[C@@H]3C(SCCc4ccccc4)C(=O)O[C@]3(C)[C@@H](CC)OC(=O)[C@@H]2C)OC1. The van der Waals surface area contributed by atoms with Gasteiger partial charge in [0.2, 0.25) is 0 Å². The highest BCUT2D eigenvalue weighted by atomic mass is 32.2. The summed E-state index contributed by atoms with van der Waals surface area (Å²) in [6.07, 6.45) is -2.55. The summed E-state index contributed by atoms with van der Waals surface area (Å²) >= 11 is 1.49. The molecule has 0 spiro atoms. The number of benzene rings is 1. The van der Waals surface area contributed by atoms with Crippen molar-refractivity contribution < 1.29 is 52.3 Å². The minimum atomic E-state index is -1.27. The molecule has 0 radical (unpaired) electrons. The van der Waals surface area contributed by atoms with Crippen LogP contribution in [0.3, 0.4) is 0 Å². The van der Waals surface area contributed by atoms with E-state index < -0.39 is 94.7 Å². The minimum Gasteiger partial charge on any atom is -0.458 e. The molecule has 4 fully saturated rings. The molecule has 5 rings (SSSR count). The van der Waals surface area contributed by atoms with Gasteiger partial charge in [-0.05, 0) is 84.4 Å². The third kappa shape index (κ3) is 10.0. The Kier molecular flexibility index (Phi) is 15.4. The molecule has 4 heterocycles. The number of ether oxygens (including phenoxy) is 7. The van der Waals surface area contributed by atoms with Gasteiger partial charge in [-0.25, -0.2) is 0 Å². The summed E-state index contributed by atoms with van der Waals surface area (Å²) in [5.41, 5.74) is -0.640. The summed E-state index contributed by atoms with van der Waals surface area (Å²) in [7, 11) is 3.86. The van der Waals surface area contributed by atoms with Crippen molar-refractivity contribution in [1.82, 2.24) is 4.90 Å². The fourth-order valence-electron chi connectivity index (χ4n) is 9.90. The molecular formula is C45H67NO11S. The normalized spacial score (nSPS) is 40.4. The molecule has 13 heteroatoms. The lowest BCUT2D eigenvalue weighted by atomic mass is 9.70. The van der Waals surface area contributed by atoms with E-state index in [9.17, 15) is 19.2 Å². The Morgan fingerprint density at radius 3 is 2.33 bits per heavy atom. The molecule has 0 aromatic heterocycles. The van der Waals surface area contributed by atoms with Gasteiger partial charge in [0.05, 0.1) is 49.1 Å². The maximum absolute atomic E-state index is 15.0. The lowest BCUT2D eigenvalue weighted by molar-refractivity contribution is -0.304. The number of fused-ring (bicyclic) bond motifs is 4. The summed E-state index contributed by atoms with van der Waals surface area (Å²) in [5, 5.41) is -0.661. The number of aryl methyl sites for hydroxylation is 1. The molecule has 0 amide bonds. The van der Waals surface area contributed by atoms with Crippen LogP contribution in [0.1, 0.15) is 87.1 Å². The van der Waals surface area contributed by atoms with E-state index in [0.29, 0.717) is 24.2 Å². The molecule has 4 saturated heterocycles. The first-order chi connectivity index (χ1) is 27.3. The lowest BCUT2D eigenvalue weighted by Crippen LogP contribution is -2.61. The predicted octanol–water partition coefficient (Wildman–Crippen LogP) is 6.21. The van der Waals surface area contributed by atoms with Gasteiger partial charge in [0.15, 0.2) is 18.0 Å². The average molecular weight is 830 g/mol. The predicted molar refractivity (Wildman–Crippen MR) is 221 cm³/mol. The highest BCUT2D eigenvalue weighted by molar-refractivity contribution is 8.00. The average Bonchev–Trinajstić information content (AvgIpc) is 3.44. The number of carbonyl (C=O) groups is 4. The van der Waals surface area contributed by atoms with Crippen molar-refractivity contribution in [3.05, 3.63) is 48.0 Å². The zero-order chi connectivity index (χ0) is 42.7. The van der Waals surface area contributed by atoms with Crippen LogP contribution in [0, 0.1) is 29.6 Å². The Bertz CT molecular complexity index is 1620. The fraction of sp³-hybridized carbons (Fsp3) is 0.733. The Morgan fingerprint density at radius 1 is 1.00 bits per heavy atom. The molecule has 324 valence electrons. The number of rotatable bonds is 9. The third-order valence-corrected chi connectivity index (χ3v) is 14.2. The number of nitrogens with zero attached hydrogens (tertiary/aromatic N) is 1. The van der Waals surface area contributed by atoms with Crippen molar-refractivity contribution in [3.8, 4) is 0 Å². The van der Waals surface area contributed by atoms with Gasteiger partial charge in [0.1, 0.15) is 17.1 Å². The van der Waals surface area contributed by atoms with E-state index in [-0.39, 0.29) is 37.6 Å². The van der Waals surface area contributed by atoms with Gasteiger partial charge in [-0.15, -0.1) is 11.8 Å². The van der Waals surface area contributed by atoms with Crippen LogP contribution in [0.5, 0.6) is 0 Å². The van der Waals surface area contributed by atoms with Gasteiger partial charge < -0.3 is 38.1 Å². The van der Waals surface area contributed by atoms with Gasteiger partial charge >= 0.3 is 17.9 Å². The smallest absolute Gasteiger partial charge is 0.320 e. The van der Waals surface area contributed by atoms with Gasteiger partial charge in [-0.3, -0.25) is 19.2 Å². The van der Waals surface area contributed by atoms with Crippen LogP contribution in [-0.4, -0.2) is 121 Å². The van der Waals surface area contributed by atoms with Crippen molar-refractivity contribution >= 4 is 35.5 Å². The lowest BCUT2D eigenvalue weighted by Gasteiger charge is -2.49. The summed E-state index contributed by atoms with van der Waals surface area (Å²) in [5.74, 6) is -4.02. The van der Waals surface area contributed by atoms with Crippen LogP contribution >= 0.6 is 11.8 Å². The second kappa shape index (κ2) is 19.3. The highest BCUT2D eigenvalue weighted by Gasteiger charge is 2.62. The number of hydrogen-bond acceptors (Lipinski definition) is 13. The number of carbonyl (C=O) groups excluding carboxylic acids is 4. The highest BCUT2D eigenvalue weighted by Crippen LogP contribution is 2.49. The summed E-state index contributed by atoms with van der Waals surface area (Å²) in [6.45, 7) is 20.9. The quantitative estimate of drug-likeness (QED) is 0.159. The van der Waals surface area contributed by atoms with Crippen LogP contribution < -0.4 is 0 Å². The van der Waals surface area contributed by atoms with Crippen molar-refractivity contribution in [1.29, 1.82) is 0 Å². The van der Waals surface area contributed by atoms with Crippen LogP contribution in [0.2, 0.25) is 0 Å². The van der Waals surface area contributed by atoms with Crippen LogP contribution in [0.25, 0.3) is 0 Å². The number of cyclic esters (lactones) is 1. The van der Waals surface area contributed by atoms with Gasteiger partial charge in [0.25, 0.3) is 0 Å². The van der Waals surface area contributed by atoms with E-state index in [4.69, 9.17) is 33.2 Å². The molecule has 1 aromatic carbocycles. The first-order valence-electron chi connectivity index (χ1n) is 21.0. The second-order valence-corrected chi connectivity index (χ2v) is 19.0. The monoisotopic (exact) mass is 829 g/mol. The first kappa shape index (κ1) is 46.3. The molecule has 1 aromatic rings. The Morgan fingerprint density at radius 2 is 1.69 bits per heavy atom. The molecular weight excluding hydrogens is 763 g/mol. The number of likely N-dealkylation sites (N-methyl/N-ethyl adjacent to an activating group) is 1. The Labute approximate surface area is 349 Å². The molecule has 0 saturated carbocycles. The molecule has 2 bridgehead atoms. The summed E-state index contributed by atoms with van der Waals surface area (Å²) in [6, 6.07) is 9.84. The number of esters is 3. The summed E-state index contributed by atoms with van der Waals surface area (Å²) in [4.78, 5) is 57.9. The molecule has 0 N–H and O–H groups in total. The zero-order valence-electron chi connectivity index (χ0n) is 36.4. The second-order valence-electron chi connectivity index (χ2n) is 17.8. The molecule has 12 nitrogen and oxygen atoms in total. The van der Waals surface area contributed by atoms with Crippen molar-refractivity contribution in [2.24, 2.45) is 29.6 Å². The number of ketones is 1. The molecule has 15 atom stereocenters. The van der Waals surface area contributed by atoms with E-state index in [0.717, 1.165) is 12.0 Å². The van der Waals surface area contributed by atoms with Gasteiger partial charge in [-0.1, -0.05) is 64.6 Å². The minimum absolute atomic E-state index is 0.0643. The topological polar surface area (TPSA) is 136 Å². The molecule has 58 heavy (non-hydrogen) atoms. The van der Waals surface area contributed by atoms with E-state index in [2.05, 4.69) is 18.7 Å². The van der Waals surface area contributed by atoms with E-state index in [1.54, 1.807) is 6.92 Å². The van der Waals surface area contributed by atoms with Gasteiger partial charge in [0, 0.05) is 30.6 Å². The molecule has 1 unspecified atom stereocenters. The van der Waals surface area contributed by atoms with Crippen LogP contribution in [0.15, 0.2) is 42.5 Å². The Hall–Kier alpha value is -2.81. The van der Waals surface area contributed by atoms with Crippen molar-refractivity contribution in [2.45, 2.75) is 147 Å². The van der Waals surface area contributed by atoms with Gasteiger partial charge in [-0.2, -0.15) is 0 Å². The molecule has 4 aliphatic heterocycles. The maximum atomic E-state index is 15.0. The molecule has 0 aliphatic carbocycles. The standard InChI is InChI=1S/C45H67NO11S/c1-13-34-45(10)35(39(42(50)57-45)58-20-19-32-17-15-14-16-18-32)28(5)36(48)26(3)22-44(9)40(29(6)37(30(7)41(49)55-34)51-23-25(2)24-52-44)56-43-38(54-31(8)47)33(46(11)12)21-27(4)53-43/h14-18,26-30,33-35,37-40,43H,2,13,19-24H2,1,3-12H3/t26-,27-,28-,29+,30-,33+,34-,35-,37+,38-,39?,40-,43+,44-,45-/m1/s1. The number of hydrogen-bond donors (Lipinski definition) is 0. The first-order valence-corrected chi connectivity index (χ1v) is 22.0. The van der Waals surface area contributed by atoms with Crippen molar-refractivity contribution in [3.63, 3.8) is 0 Å². The zero-order valence-corrected chi connectivity index (χ0v) is 37.2. The third-order valence-electron chi connectivity index (χ3n) is 12.9. The van der Waals surface area contributed by atoms with Crippen LogP contribution in [0.4, 0.5) is 0 Å². The van der Waals surface area contributed by atoms with E-state index in [1.807, 2.05) is 85.7 Å². The molecule has 4 aliphatic rings.